The molecule has 0 bridgehead atoms. The van der Waals surface area contributed by atoms with Crippen molar-refractivity contribution in [2.24, 2.45) is 5.73 Å². The Labute approximate surface area is 157 Å². The zero-order valence-electron chi connectivity index (χ0n) is 14.9. The van der Waals surface area contributed by atoms with Gasteiger partial charge in [0.25, 0.3) is 0 Å². The largest absolute Gasteiger partial charge is 0.366 e. The van der Waals surface area contributed by atoms with Crippen molar-refractivity contribution >= 4 is 17.9 Å². The van der Waals surface area contributed by atoms with Crippen LogP contribution in [0.4, 0.5) is 0 Å². The Morgan fingerprint density at radius 2 is 1.93 bits per heavy atom. The van der Waals surface area contributed by atoms with Crippen molar-refractivity contribution in [3.8, 4) is 5.69 Å². The van der Waals surface area contributed by atoms with E-state index in [1.165, 1.54) is 6.08 Å². The number of nitrogens with two attached hydrogens (primary N) is 1. The number of likely N-dealkylation sites (N-methyl/N-ethyl adjacent to an activating group) is 1. The normalized spacial score (nSPS) is 10.9. The van der Waals surface area contributed by atoms with Crippen LogP contribution in [0.5, 0.6) is 0 Å². The fourth-order valence-corrected chi connectivity index (χ4v) is 2.61. The molecule has 2 N–H and O–H groups in total. The molecular formula is C21H20N4O2. The maximum atomic E-state index is 12.3. The van der Waals surface area contributed by atoms with Gasteiger partial charge in [-0.3, -0.25) is 9.59 Å². The molecule has 0 unspecified atom stereocenters. The molecular weight excluding hydrogens is 340 g/mol. The third-order valence-electron chi connectivity index (χ3n) is 4.05. The lowest BCUT2D eigenvalue weighted by Crippen LogP contribution is -2.24. The van der Waals surface area contributed by atoms with Gasteiger partial charge in [-0.25, -0.2) is 4.68 Å². The molecule has 6 heteroatoms. The molecule has 0 aliphatic carbocycles. The Bertz CT molecular complexity index is 977. The summed E-state index contributed by atoms with van der Waals surface area (Å²) in [6.07, 6.45) is 6.79. The van der Waals surface area contributed by atoms with E-state index in [1.807, 2.05) is 42.6 Å². The minimum Gasteiger partial charge on any atom is -0.366 e. The van der Waals surface area contributed by atoms with Crippen LogP contribution in [0.3, 0.4) is 0 Å². The molecule has 136 valence electrons. The van der Waals surface area contributed by atoms with E-state index in [0.717, 1.165) is 16.8 Å². The highest BCUT2D eigenvalue weighted by molar-refractivity contribution is 5.93. The van der Waals surface area contributed by atoms with Gasteiger partial charge >= 0.3 is 0 Å². The van der Waals surface area contributed by atoms with Gasteiger partial charge in [-0.05, 0) is 35.9 Å². The van der Waals surface area contributed by atoms with E-state index in [1.54, 1.807) is 47.1 Å². The molecule has 3 rings (SSSR count). The predicted molar refractivity (Wildman–Crippen MR) is 104 cm³/mol. The van der Waals surface area contributed by atoms with Gasteiger partial charge in [-0.1, -0.05) is 30.3 Å². The molecule has 2 aromatic carbocycles. The van der Waals surface area contributed by atoms with Crippen molar-refractivity contribution in [3.05, 3.63) is 89.8 Å². The van der Waals surface area contributed by atoms with Gasteiger partial charge in [0.05, 0.1) is 11.9 Å². The van der Waals surface area contributed by atoms with Gasteiger partial charge in [0.1, 0.15) is 0 Å². The first-order chi connectivity index (χ1) is 13.0. The fourth-order valence-electron chi connectivity index (χ4n) is 2.61. The lowest BCUT2D eigenvalue weighted by molar-refractivity contribution is -0.125. The monoisotopic (exact) mass is 360 g/mol. The van der Waals surface area contributed by atoms with E-state index >= 15 is 0 Å². The third kappa shape index (κ3) is 4.70. The topological polar surface area (TPSA) is 81.2 Å². The summed E-state index contributed by atoms with van der Waals surface area (Å²) in [5.74, 6) is -0.631. The van der Waals surface area contributed by atoms with Gasteiger partial charge in [-0.2, -0.15) is 5.10 Å². The second-order valence-corrected chi connectivity index (χ2v) is 6.15. The van der Waals surface area contributed by atoms with Gasteiger partial charge < -0.3 is 10.6 Å². The number of rotatable bonds is 6. The molecule has 27 heavy (non-hydrogen) atoms. The smallest absolute Gasteiger partial charge is 0.248 e. The molecule has 0 radical (unpaired) electrons. The number of carbonyl (C=O) groups excluding carboxylic acids is 2. The van der Waals surface area contributed by atoms with Crippen molar-refractivity contribution < 1.29 is 9.59 Å². The van der Waals surface area contributed by atoms with Crippen molar-refractivity contribution in [1.29, 1.82) is 0 Å². The van der Waals surface area contributed by atoms with Crippen molar-refractivity contribution in [2.45, 2.75) is 6.54 Å². The van der Waals surface area contributed by atoms with E-state index in [9.17, 15) is 9.59 Å². The molecule has 6 nitrogen and oxygen atoms in total. The van der Waals surface area contributed by atoms with Crippen LogP contribution in [-0.2, 0) is 11.3 Å². The van der Waals surface area contributed by atoms with Crippen LogP contribution in [0.25, 0.3) is 11.8 Å². The van der Waals surface area contributed by atoms with Crippen LogP contribution < -0.4 is 5.73 Å². The number of benzene rings is 2. The molecule has 0 aliphatic rings. The van der Waals surface area contributed by atoms with Gasteiger partial charge in [0, 0.05) is 37.0 Å². The first-order valence-corrected chi connectivity index (χ1v) is 8.45. The minimum atomic E-state index is -0.485. The molecule has 0 saturated heterocycles. The summed E-state index contributed by atoms with van der Waals surface area (Å²) >= 11 is 0. The minimum absolute atomic E-state index is 0.146. The van der Waals surface area contributed by atoms with E-state index < -0.39 is 5.91 Å². The van der Waals surface area contributed by atoms with E-state index in [2.05, 4.69) is 5.10 Å². The quantitative estimate of drug-likeness (QED) is 0.686. The second-order valence-electron chi connectivity index (χ2n) is 6.15. The van der Waals surface area contributed by atoms with E-state index in [4.69, 9.17) is 5.73 Å². The maximum absolute atomic E-state index is 12.3. The average molecular weight is 360 g/mol. The van der Waals surface area contributed by atoms with Crippen molar-refractivity contribution in [3.63, 3.8) is 0 Å². The number of primary amides is 1. The second kappa shape index (κ2) is 8.14. The highest BCUT2D eigenvalue weighted by Crippen LogP contribution is 2.10. The summed E-state index contributed by atoms with van der Waals surface area (Å²) in [6.45, 7) is 0.383. The molecule has 0 fully saturated rings. The van der Waals surface area contributed by atoms with Crippen LogP contribution in [0, 0.1) is 0 Å². The summed E-state index contributed by atoms with van der Waals surface area (Å²) in [5.41, 5.74) is 8.34. The molecule has 0 saturated carbocycles. The molecule has 0 aliphatic heterocycles. The Morgan fingerprint density at radius 1 is 1.15 bits per heavy atom. The van der Waals surface area contributed by atoms with Crippen LogP contribution in [-0.4, -0.2) is 33.5 Å². The van der Waals surface area contributed by atoms with E-state index in [0.29, 0.717) is 12.1 Å². The molecule has 1 aromatic heterocycles. The van der Waals surface area contributed by atoms with Crippen LogP contribution >= 0.6 is 0 Å². The summed E-state index contributed by atoms with van der Waals surface area (Å²) in [5, 5.41) is 4.30. The Kier molecular flexibility index (Phi) is 5.47. The van der Waals surface area contributed by atoms with Gasteiger partial charge in [-0.15, -0.1) is 0 Å². The highest BCUT2D eigenvalue weighted by Gasteiger charge is 2.08. The number of para-hydroxylation sites is 1. The summed E-state index contributed by atoms with van der Waals surface area (Å²) in [4.78, 5) is 25.2. The van der Waals surface area contributed by atoms with Crippen LogP contribution in [0.1, 0.15) is 21.5 Å². The summed E-state index contributed by atoms with van der Waals surface area (Å²) in [7, 11) is 1.71. The standard InChI is InChI=1S/C21H20N4O2/c1-24(14-16-6-5-7-18(12-16)21(22)27)20(26)11-10-17-13-23-25(15-17)19-8-3-2-4-9-19/h2-13,15H,14H2,1H3,(H2,22,27). The molecule has 3 aromatic rings. The van der Waals surface area contributed by atoms with Gasteiger partial charge in [0.15, 0.2) is 0 Å². The molecule has 1 heterocycles. The van der Waals surface area contributed by atoms with Crippen molar-refractivity contribution in [1.82, 2.24) is 14.7 Å². The van der Waals surface area contributed by atoms with Crippen LogP contribution in [0.2, 0.25) is 0 Å². The molecule has 0 spiro atoms. The fraction of sp³-hybridized carbons (Fsp3) is 0.0952. The van der Waals surface area contributed by atoms with Crippen LogP contribution in [0.15, 0.2) is 73.1 Å². The SMILES string of the molecule is CN(Cc1cccc(C(N)=O)c1)C(=O)C=Cc1cnn(-c2ccccc2)c1. The first kappa shape index (κ1) is 18.1. The number of hydrogen-bond acceptors (Lipinski definition) is 3. The lowest BCUT2D eigenvalue weighted by atomic mass is 10.1. The van der Waals surface area contributed by atoms with E-state index in [-0.39, 0.29) is 5.91 Å². The highest BCUT2D eigenvalue weighted by atomic mass is 16.2. The Hall–Kier alpha value is -3.67. The number of hydrogen-bond donors (Lipinski definition) is 1. The maximum Gasteiger partial charge on any atom is 0.248 e. The number of aromatic nitrogens is 2. The zero-order chi connectivity index (χ0) is 19.2. The van der Waals surface area contributed by atoms with Gasteiger partial charge in [0.2, 0.25) is 11.8 Å². The summed E-state index contributed by atoms with van der Waals surface area (Å²) < 4.78 is 1.75. The number of nitrogens with zero attached hydrogens (tertiary/aromatic N) is 3. The number of amides is 2. The first-order valence-electron chi connectivity index (χ1n) is 8.45. The third-order valence-corrected chi connectivity index (χ3v) is 4.05. The molecule has 2 amide bonds. The average Bonchev–Trinajstić information content (AvgIpc) is 3.16. The Balaban J connectivity index is 1.64. The zero-order valence-corrected chi connectivity index (χ0v) is 14.9. The Morgan fingerprint density at radius 3 is 2.67 bits per heavy atom. The van der Waals surface area contributed by atoms with Crippen molar-refractivity contribution in [2.75, 3.05) is 7.05 Å². The predicted octanol–water partition coefficient (Wildman–Crippen LogP) is 2.64. The number of carbonyl (C=O) groups is 2. The lowest BCUT2D eigenvalue weighted by Gasteiger charge is -2.15. The summed E-state index contributed by atoms with van der Waals surface area (Å²) in [6, 6.07) is 16.7. The molecule has 0 atom stereocenters.